The van der Waals surface area contributed by atoms with Crippen LogP contribution in [0.5, 0.6) is 0 Å². The molecule has 2 N–H and O–H groups in total. The summed E-state index contributed by atoms with van der Waals surface area (Å²) in [6, 6.07) is 7.13. The van der Waals surface area contributed by atoms with Crippen molar-refractivity contribution < 1.29 is 14.7 Å². The second-order valence-electron chi connectivity index (χ2n) is 4.75. The number of hydrogen-bond acceptors (Lipinski definition) is 3. The van der Waals surface area contributed by atoms with Crippen LogP contribution in [0.15, 0.2) is 24.3 Å². The summed E-state index contributed by atoms with van der Waals surface area (Å²) < 4.78 is 0. The molecule has 1 aromatic carbocycles. The fourth-order valence-corrected chi connectivity index (χ4v) is 1.64. The predicted octanol–water partition coefficient (Wildman–Crippen LogP) is 1.74. The van der Waals surface area contributed by atoms with Crippen molar-refractivity contribution in [3.63, 3.8) is 0 Å². The van der Waals surface area contributed by atoms with Gasteiger partial charge in [-0.15, -0.1) is 0 Å². The maximum absolute atomic E-state index is 12.0. The topological polar surface area (TPSA) is 69.6 Å². The number of hydrogen-bond donors (Lipinski definition) is 2. The fourth-order valence-electron chi connectivity index (χ4n) is 1.64. The molecule has 1 atom stereocenters. The van der Waals surface area contributed by atoms with Crippen molar-refractivity contribution >= 4 is 17.6 Å². The molecular weight excluding hydrogens is 244 g/mol. The standard InChI is InChI=1S/C14H20N2O3/c1-10(7-8-13(17)18)15-14(19)11-5-4-6-12(9-11)16(2)3/h4-6,9-10H,7-8H2,1-3H3,(H,15,19)(H,17,18). The number of aliphatic carboxylic acids is 1. The molecule has 19 heavy (non-hydrogen) atoms. The highest BCUT2D eigenvalue weighted by Crippen LogP contribution is 2.13. The molecule has 0 aliphatic heterocycles. The lowest BCUT2D eigenvalue weighted by Crippen LogP contribution is -2.33. The minimum absolute atomic E-state index is 0.0547. The number of carboxylic acid groups (broad SMARTS) is 1. The highest BCUT2D eigenvalue weighted by atomic mass is 16.4. The van der Waals surface area contributed by atoms with Crippen LogP contribution in [0.25, 0.3) is 0 Å². The molecule has 1 unspecified atom stereocenters. The third-order valence-corrected chi connectivity index (χ3v) is 2.79. The largest absolute Gasteiger partial charge is 0.481 e. The van der Waals surface area contributed by atoms with Gasteiger partial charge in [0.2, 0.25) is 0 Å². The summed E-state index contributed by atoms with van der Waals surface area (Å²) in [5.74, 6) is -1.03. The molecule has 0 fully saturated rings. The number of nitrogens with zero attached hydrogens (tertiary/aromatic N) is 1. The lowest BCUT2D eigenvalue weighted by molar-refractivity contribution is -0.137. The molecule has 5 nitrogen and oxygen atoms in total. The summed E-state index contributed by atoms with van der Waals surface area (Å²) >= 11 is 0. The van der Waals surface area contributed by atoms with Crippen LogP contribution in [0.1, 0.15) is 30.1 Å². The fraction of sp³-hybridized carbons (Fsp3) is 0.429. The van der Waals surface area contributed by atoms with Gasteiger partial charge in [-0.25, -0.2) is 0 Å². The Morgan fingerprint density at radius 2 is 2.05 bits per heavy atom. The molecule has 0 bridgehead atoms. The van der Waals surface area contributed by atoms with E-state index in [1.807, 2.05) is 31.1 Å². The number of anilines is 1. The van der Waals surface area contributed by atoms with E-state index in [1.165, 1.54) is 0 Å². The number of amides is 1. The Morgan fingerprint density at radius 3 is 2.63 bits per heavy atom. The maximum Gasteiger partial charge on any atom is 0.303 e. The molecule has 1 rings (SSSR count). The Balaban J connectivity index is 2.62. The van der Waals surface area contributed by atoms with Crippen LogP contribution in [0.2, 0.25) is 0 Å². The highest BCUT2D eigenvalue weighted by Gasteiger charge is 2.11. The van der Waals surface area contributed by atoms with Gasteiger partial charge >= 0.3 is 5.97 Å². The molecule has 1 aromatic rings. The molecule has 1 amide bonds. The molecule has 0 saturated carbocycles. The zero-order chi connectivity index (χ0) is 14.4. The monoisotopic (exact) mass is 264 g/mol. The van der Waals surface area contributed by atoms with Gasteiger partial charge in [-0.3, -0.25) is 9.59 Å². The van der Waals surface area contributed by atoms with E-state index in [9.17, 15) is 9.59 Å². The molecule has 5 heteroatoms. The van der Waals surface area contributed by atoms with Crippen molar-refractivity contribution in [3.05, 3.63) is 29.8 Å². The molecule has 0 radical (unpaired) electrons. The number of carboxylic acids is 1. The van der Waals surface area contributed by atoms with E-state index in [0.29, 0.717) is 12.0 Å². The number of carbonyl (C=O) groups is 2. The Bertz CT molecular complexity index is 458. The zero-order valence-electron chi connectivity index (χ0n) is 11.5. The van der Waals surface area contributed by atoms with Crippen LogP contribution >= 0.6 is 0 Å². The van der Waals surface area contributed by atoms with Crippen LogP contribution in [-0.4, -0.2) is 37.1 Å². The molecule has 0 aliphatic rings. The Kier molecular flexibility index (Phi) is 5.36. The van der Waals surface area contributed by atoms with Gasteiger partial charge in [-0.05, 0) is 31.5 Å². The number of benzene rings is 1. The molecule has 104 valence electrons. The van der Waals surface area contributed by atoms with Gasteiger partial charge in [0.05, 0.1) is 0 Å². The first-order valence-corrected chi connectivity index (χ1v) is 6.20. The van der Waals surface area contributed by atoms with Gasteiger partial charge in [0.15, 0.2) is 0 Å². The van der Waals surface area contributed by atoms with E-state index in [2.05, 4.69) is 5.32 Å². The smallest absolute Gasteiger partial charge is 0.303 e. The molecule has 0 saturated heterocycles. The van der Waals surface area contributed by atoms with E-state index < -0.39 is 5.97 Å². The average Bonchev–Trinajstić information content (AvgIpc) is 2.36. The molecule has 0 spiro atoms. The van der Waals surface area contributed by atoms with Crippen LogP contribution in [0.4, 0.5) is 5.69 Å². The third kappa shape index (κ3) is 4.99. The van der Waals surface area contributed by atoms with Gasteiger partial charge in [0, 0.05) is 37.8 Å². The van der Waals surface area contributed by atoms with E-state index in [0.717, 1.165) is 5.69 Å². The number of rotatable bonds is 6. The summed E-state index contributed by atoms with van der Waals surface area (Å²) in [6.45, 7) is 1.80. The van der Waals surface area contributed by atoms with E-state index in [4.69, 9.17) is 5.11 Å². The number of carbonyl (C=O) groups excluding carboxylic acids is 1. The van der Waals surface area contributed by atoms with Crippen molar-refractivity contribution in [1.29, 1.82) is 0 Å². The molecule has 0 heterocycles. The minimum atomic E-state index is -0.851. The van der Waals surface area contributed by atoms with Crippen LogP contribution in [0, 0.1) is 0 Å². The third-order valence-electron chi connectivity index (χ3n) is 2.79. The summed E-state index contributed by atoms with van der Waals surface area (Å²) in [5, 5.41) is 11.4. The SMILES string of the molecule is CC(CCC(=O)O)NC(=O)c1cccc(N(C)C)c1. The van der Waals surface area contributed by atoms with Gasteiger partial charge in [0.25, 0.3) is 5.91 Å². The second-order valence-corrected chi connectivity index (χ2v) is 4.75. The van der Waals surface area contributed by atoms with Crippen molar-refractivity contribution in [3.8, 4) is 0 Å². The van der Waals surface area contributed by atoms with Crippen molar-refractivity contribution in [2.75, 3.05) is 19.0 Å². The Labute approximate surface area is 113 Å². The van der Waals surface area contributed by atoms with Crippen molar-refractivity contribution in [1.82, 2.24) is 5.32 Å². The van der Waals surface area contributed by atoms with Crippen LogP contribution < -0.4 is 10.2 Å². The minimum Gasteiger partial charge on any atom is -0.481 e. The van der Waals surface area contributed by atoms with Crippen molar-refractivity contribution in [2.24, 2.45) is 0 Å². The van der Waals surface area contributed by atoms with Gasteiger partial charge < -0.3 is 15.3 Å². The second kappa shape index (κ2) is 6.78. The van der Waals surface area contributed by atoms with E-state index >= 15 is 0 Å². The summed E-state index contributed by atoms with van der Waals surface area (Å²) in [7, 11) is 3.82. The molecular formula is C14H20N2O3. The molecule has 0 aromatic heterocycles. The summed E-state index contributed by atoms with van der Waals surface area (Å²) in [6.07, 6.45) is 0.480. The predicted molar refractivity (Wildman–Crippen MR) is 74.6 cm³/mol. The van der Waals surface area contributed by atoms with E-state index in [1.54, 1.807) is 19.1 Å². The normalized spacial score (nSPS) is 11.7. The van der Waals surface area contributed by atoms with E-state index in [-0.39, 0.29) is 18.4 Å². The first-order valence-electron chi connectivity index (χ1n) is 6.20. The quantitative estimate of drug-likeness (QED) is 0.821. The van der Waals surface area contributed by atoms with Gasteiger partial charge in [-0.1, -0.05) is 6.07 Å². The van der Waals surface area contributed by atoms with Crippen molar-refractivity contribution in [2.45, 2.75) is 25.8 Å². The maximum atomic E-state index is 12.0. The van der Waals surface area contributed by atoms with Crippen LogP contribution in [-0.2, 0) is 4.79 Å². The Hall–Kier alpha value is -2.04. The van der Waals surface area contributed by atoms with Gasteiger partial charge in [-0.2, -0.15) is 0 Å². The van der Waals surface area contributed by atoms with Crippen LogP contribution in [0.3, 0.4) is 0 Å². The first-order chi connectivity index (χ1) is 8.90. The van der Waals surface area contributed by atoms with Gasteiger partial charge in [0.1, 0.15) is 0 Å². The number of nitrogens with one attached hydrogen (secondary N) is 1. The first kappa shape index (κ1) is 15.0. The lowest BCUT2D eigenvalue weighted by Gasteiger charge is -2.15. The Morgan fingerprint density at radius 1 is 1.37 bits per heavy atom. The summed E-state index contributed by atoms with van der Waals surface area (Å²) in [5.41, 5.74) is 1.53. The summed E-state index contributed by atoms with van der Waals surface area (Å²) in [4.78, 5) is 24.4. The average molecular weight is 264 g/mol. The zero-order valence-corrected chi connectivity index (χ0v) is 11.5. The highest BCUT2D eigenvalue weighted by molar-refractivity contribution is 5.95. The lowest BCUT2D eigenvalue weighted by atomic mass is 10.1. The molecule has 0 aliphatic carbocycles.